The van der Waals surface area contributed by atoms with Crippen molar-refractivity contribution in [2.45, 2.75) is 45.1 Å². The number of rotatable bonds is 8. The number of esters is 1. The monoisotopic (exact) mass is 470 g/mol. The Morgan fingerprint density at radius 2 is 1.97 bits per heavy atom. The number of hydrogen-bond acceptors (Lipinski definition) is 7. The van der Waals surface area contributed by atoms with Crippen molar-refractivity contribution < 1.29 is 27.5 Å². The second kappa shape index (κ2) is 10.6. The zero-order valence-corrected chi connectivity index (χ0v) is 19.5. The van der Waals surface area contributed by atoms with E-state index in [9.17, 15) is 22.8 Å². The normalized spacial score (nSPS) is 21.1. The van der Waals surface area contributed by atoms with Crippen LogP contribution in [0.15, 0.2) is 17.5 Å². The fourth-order valence-corrected chi connectivity index (χ4v) is 6.49. The third-order valence-electron chi connectivity index (χ3n) is 5.91. The van der Waals surface area contributed by atoms with E-state index in [1.807, 2.05) is 18.4 Å². The van der Waals surface area contributed by atoms with Gasteiger partial charge in [0.2, 0.25) is 0 Å². The lowest BCUT2D eigenvalue weighted by atomic mass is 9.97. The summed E-state index contributed by atoms with van der Waals surface area (Å²) in [4.78, 5) is 41.6. The zero-order chi connectivity index (χ0) is 22.4. The topological polar surface area (TPSA) is 101 Å². The Labute approximate surface area is 187 Å². The largest absolute Gasteiger partial charge is 0.455 e. The fourth-order valence-electron chi connectivity index (χ4n) is 4.07. The average Bonchev–Trinajstić information content (AvgIpc) is 3.41. The van der Waals surface area contributed by atoms with Crippen LogP contribution in [0.25, 0.3) is 0 Å². The van der Waals surface area contributed by atoms with Crippen LogP contribution in [0.5, 0.6) is 0 Å². The molecule has 3 rings (SSSR count). The molecule has 8 nitrogen and oxygen atoms in total. The molecule has 1 aromatic heterocycles. The van der Waals surface area contributed by atoms with Gasteiger partial charge in [-0.2, -0.15) is 0 Å². The molecule has 2 saturated heterocycles. The molecule has 10 heteroatoms. The predicted molar refractivity (Wildman–Crippen MR) is 118 cm³/mol. The number of ether oxygens (including phenoxy) is 1. The van der Waals surface area contributed by atoms with Gasteiger partial charge >= 0.3 is 5.97 Å². The second-order valence-electron chi connectivity index (χ2n) is 8.15. The van der Waals surface area contributed by atoms with Gasteiger partial charge in [-0.25, -0.2) is 8.42 Å². The number of hydrogen-bond donors (Lipinski definition) is 0. The van der Waals surface area contributed by atoms with Crippen molar-refractivity contribution in [1.82, 2.24) is 9.80 Å². The quantitative estimate of drug-likeness (QED) is 0.539. The van der Waals surface area contributed by atoms with E-state index in [-0.39, 0.29) is 41.9 Å². The molecule has 2 aliphatic rings. The highest BCUT2D eigenvalue weighted by molar-refractivity contribution is 7.91. The minimum absolute atomic E-state index is 0.0184. The van der Waals surface area contributed by atoms with Crippen molar-refractivity contribution >= 4 is 39.0 Å². The van der Waals surface area contributed by atoms with Gasteiger partial charge in [0.05, 0.1) is 22.3 Å². The molecule has 1 unspecified atom stereocenters. The maximum Gasteiger partial charge on any atom is 0.309 e. The highest BCUT2D eigenvalue weighted by Crippen LogP contribution is 2.22. The maximum atomic E-state index is 12.7. The smallest absolute Gasteiger partial charge is 0.309 e. The van der Waals surface area contributed by atoms with Crippen LogP contribution in [0.1, 0.15) is 48.7 Å². The van der Waals surface area contributed by atoms with E-state index in [0.29, 0.717) is 43.8 Å². The van der Waals surface area contributed by atoms with Crippen LogP contribution in [0.4, 0.5) is 0 Å². The van der Waals surface area contributed by atoms with Crippen LogP contribution in [0, 0.1) is 5.92 Å². The van der Waals surface area contributed by atoms with Crippen molar-refractivity contribution in [3.8, 4) is 0 Å². The van der Waals surface area contributed by atoms with E-state index in [2.05, 4.69) is 0 Å². The maximum absolute atomic E-state index is 12.7. The Bertz CT molecular complexity index is 876. The van der Waals surface area contributed by atoms with Gasteiger partial charge in [0.1, 0.15) is 0 Å². The molecule has 0 bridgehead atoms. The summed E-state index contributed by atoms with van der Waals surface area (Å²) in [5, 5.41) is 1.86. The number of carbonyl (C=O) groups excluding carboxylic acids is 3. The summed E-state index contributed by atoms with van der Waals surface area (Å²) in [7, 11) is -3.11. The molecule has 0 N–H and O–H groups in total. The molecular formula is C21H30N2O6S2. The number of carbonyl (C=O) groups is 3. The van der Waals surface area contributed by atoms with Gasteiger partial charge in [-0.1, -0.05) is 19.4 Å². The van der Waals surface area contributed by atoms with Crippen LogP contribution in [-0.2, 0) is 24.2 Å². The van der Waals surface area contributed by atoms with Gasteiger partial charge in [0, 0.05) is 25.7 Å². The molecule has 0 spiro atoms. The molecule has 2 fully saturated rings. The van der Waals surface area contributed by atoms with E-state index in [1.165, 1.54) is 11.3 Å². The molecule has 0 saturated carbocycles. The van der Waals surface area contributed by atoms with Crippen molar-refractivity contribution in [3.05, 3.63) is 22.4 Å². The lowest BCUT2D eigenvalue weighted by Crippen LogP contribution is -2.44. The molecule has 172 valence electrons. The van der Waals surface area contributed by atoms with E-state index in [1.54, 1.807) is 15.9 Å². The number of sulfone groups is 1. The number of amides is 2. The van der Waals surface area contributed by atoms with Crippen molar-refractivity contribution in [3.63, 3.8) is 0 Å². The number of unbranched alkanes of at least 4 members (excludes halogenated alkanes) is 1. The van der Waals surface area contributed by atoms with Crippen LogP contribution < -0.4 is 0 Å². The third-order valence-corrected chi connectivity index (χ3v) is 8.52. The van der Waals surface area contributed by atoms with Gasteiger partial charge in [-0.3, -0.25) is 14.4 Å². The standard InChI is InChI=1S/C21H30N2O6S2/c1-2-3-9-23(17-8-13-31(27,28)15-17)19(24)14-29-21(26)16-6-10-22(11-7-16)20(25)18-5-4-12-30-18/h4-5,12,16-17H,2-3,6-11,13-15H2,1H3. The van der Waals surface area contributed by atoms with Gasteiger partial charge in [0.15, 0.2) is 16.4 Å². The van der Waals surface area contributed by atoms with Gasteiger partial charge in [0.25, 0.3) is 11.8 Å². The minimum Gasteiger partial charge on any atom is -0.455 e. The first-order valence-corrected chi connectivity index (χ1v) is 13.5. The minimum atomic E-state index is -3.11. The van der Waals surface area contributed by atoms with E-state index < -0.39 is 15.8 Å². The SMILES string of the molecule is CCCCN(C(=O)COC(=O)C1CCN(C(=O)c2cccs2)CC1)C1CCS(=O)(=O)C1. The summed E-state index contributed by atoms with van der Waals surface area (Å²) < 4.78 is 28.9. The number of thiophene rings is 1. The first kappa shape index (κ1) is 23.7. The van der Waals surface area contributed by atoms with E-state index in [0.717, 1.165) is 12.8 Å². The lowest BCUT2D eigenvalue weighted by molar-refractivity contribution is -0.157. The molecule has 0 radical (unpaired) electrons. The summed E-state index contributed by atoms with van der Waals surface area (Å²) in [5.41, 5.74) is 0. The molecule has 1 aromatic rings. The van der Waals surface area contributed by atoms with Crippen molar-refractivity contribution in [2.75, 3.05) is 37.7 Å². The molecule has 2 aliphatic heterocycles. The molecule has 31 heavy (non-hydrogen) atoms. The van der Waals surface area contributed by atoms with Crippen LogP contribution in [0.2, 0.25) is 0 Å². The molecule has 0 aromatic carbocycles. The Morgan fingerprint density at radius 3 is 2.55 bits per heavy atom. The Morgan fingerprint density at radius 1 is 1.23 bits per heavy atom. The van der Waals surface area contributed by atoms with Crippen molar-refractivity contribution in [1.29, 1.82) is 0 Å². The van der Waals surface area contributed by atoms with Crippen molar-refractivity contribution in [2.24, 2.45) is 5.92 Å². The summed E-state index contributed by atoms with van der Waals surface area (Å²) in [6.45, 7) is 3.06. The van der Waals surface area contributed by atoms with Gasteiger partial charge < -0.3 is 14.5 Å². The summed E-state index contributed by atoms with van der Waals surface area (Å²) in [6.07, 6.45) is 3.09. The highest BCUT2D eigenvalue weighted by Gasteiger charge is 2.35. The molecule has 2 amide bonds. The van der Waals surface area contributed by atoms with E-state index >= 15 is 0 Å². The zero-order valence-electron chi connectivity index (χ0n) is 17.8. The van der Waals surface area contributed by atoms with E-state index in [4.69, 9.17) is 4.74 Å². The first-order valence-electron chi connectivity index (χ1n) is 10.8. The van der Waals surface area contributed by atoms with Crippen LogP contribution >= 0.6 is 11.3 Å². The first-order chi connectivity index (χ1) is 14.8. The van der Waals surface area contributed by atoms with Gasteiger partial charge in [-0.05, 0) is 37.1 Å². The molecule has 0 aliphatic carbocycles. The van der Waals surface area contributed by atoms with Crippen LogP contribution in [-0.4, -0.2) is 79.8 Å². The van der Waals surface area contributed by atoms with Crippen LogP contribution in [0.3, 0.4) is 0 Å². The number of piperidine rings is 1. The summed E-state index contributed by atoms with van der Waals surface area (Å²) in [5.74, 6) is -1.05. The molecule has 1 atom stereocenters. The highest BCUT2D eigenvalue weighted by atomic mass is 32.2. The number of likely N-dealkylation sites (tertiary alicyclic amines) is 1. The Balaban J connectivity index is 1.47. The third kappa shape index (κ3) is 6.29. The predicted octanol–water partition coefficient (Wildman–Crippen LogP) is 1.96. The van der Waals surface area contributed by atoms with Gasteiger partial charge in [-0.15, -0.1) is 11.3 Å². The molecular weight excluding hydrogens is 440 g/mol. The average molecular weight is 471 g/mol. The summed E-state index contributed by atoms with van der Waals surface area (Å²) in [6, 6.07) is 3.29. The second-order valence-corrected chi connectivity index (χ2v) is 11.3. The Kier molecular flexibility index (Phi) is 8.10. The lowest BCUT2D eigenvalue weighted by Gasteiger charge is -2.31. The molecule has 3 heterocycles. The summed E-state index contributed by atoms with van der Waals surface area (Å²) >= 11 is 1.40. The fraction of sp³-hybridized carbons (Fsp3) is 0.667. The number of nitrogens with zero attached hydrogens (tertiary/aromatic N) is 2. The Hall–Kier alpha value is -1.94.